The lowest BCUT2D eigenvalue weighted by Crippen LogP contribution is -2.01. The van der Waals surface area contributed by atoms with Crippen LogP contribution in [0.15, 0.2) is 10.8 Å². The van der Waals surface area contributed by atoms with Crippen LogP contribution in [0.1, 0.15) is 17.6 Å². The molecule has 0 atom stereocenters. The van der Waals surface area contributed by atoms with E-state index in [1.807, 2.05) is 0 Å². The average molecular weight is 268 g/mol. The molecule has 1 heterocycles. The van der Waals surface area contributed by atoms with E-state index in [2.05, 4.69) is 20.9 Å². The zero-order chi connectivity index (χ0) is 10.7. The predicted molar refractivity (Wildman–Crippen MR) is 49.4 cm³/mol. The van der Waals surface area contributed by atoms with Crippen molar-refractivity contribution < 1.29 is 18.6 Å². The molecule has 1 N–H and O–H groups in total. The molecule has 1 aromatic heterocycles. The topological polar surface area (TPSA) is 42.4 Å². The molecule has 0 spiro atoms. The Morgan fingerprint density at radius 1 is 1.64 bits per heavy atom. The number of hydrogen-bond acceptors (Lipinski definition) is 3. The first-order valence-electron chi connectivity index (χ1n) is 3.72. The maximum Gasteiger partial charge on any atom is 0.267 e. The minimum absolute atomic E-state index is 0.0356. The highest BCUT2D eigenvalue weighted by Crippen LogP contribution is 2.36. The first kappa shape index (κ1) is 11.3. The fraction of sp³-hybridized carbons (Fsp3) is 0.375. The monoisotopic (exact) mass is 267 g/mol. The molecule has 0 fully saturated rings. The molecule has 3 nitrogen and oxygen atoms in total. The Kier molecular flexibility index (Phi) is 3.77. The van der Waals surface area contributed by atoms with Crippen LogP contribution >= 0.6 is 15.9 Å². The summed E-state index contributed by atoms with van der Waals surface area (Å²) in [7, 11) is 1.27. The van der Waals surface area contributed by atoms with E-state index in [0.717, 1.165) is 0 Å². The Balaban J connectivity index is 3.36. The normalized spacial score (nSPS) is 10.7. The molecule has 0 amide bonds. The van der Waals surface area contributed by atoms with Gasteiger partial charge in [-0.3, -0.25) is 0 Å². The first-order valence-corrected chi connectivity index (χ1v) is 4.51. The summed E-state index contributed by atoms with van der Waals surface area (Å²) < 4.78 is 30.2. The summed E-state index contributed by atoms with van der Waals surface area (Å²) >= 11 is 2.99. The molecule has 1 aromatic rings. The number of methoxy groups -OCH3 is 1. The Morgan fingerprint density at radius 3 is 2.71 bits per heavy atom. The van der Waals surface area contributed by atoms with Gasteiger partial charge in [-0.2, -0.15) is 0 Å². The van der Waals surface area contributed by atoms with Gasteiger partial charge in [0.25, 0.3) is 6.43 Å². The molecule has 0 aliphatic carbocycles. The van der Waals surface area contributed by atoms with Crippen molar-refractivity contribution in [1.82, 2.24) is 4.98 Å². The van der Waals surface area contributed by atoms with Crippen molar-refractivity contribution in [1.29, 1.82) is 0 Å². The molecule has 0 aliphatic rings. The van der Waals surface area contributed by atoms with Crippen LogP contribution in [0, 0.1) is 0 Å². The minimum Gasteiger partial charge on any atom is -0.493 e. The fourth-order valence-corrected chi connectivity index (χ4v) is 1.56. The molecule has 0 aliphatic heterocycles. The van der Waals surface area contributed by atoms with Crippen molar-refractivity contribution in [2.24, 2.45) is 0 Å². The number of nitrogens with zero attached hydrogens (tertiary/aromatic N) is 1. The highest BCUT2D eigenvalue weighted by atomic mass is 79.9. The van der Waals surface area contributed by atoms with E-state index < -0.39 is 13.0 Å². The third-order valence-corrected chi connectivity index (χ3v) is 2.27. The van der Waals surface area contributed by atoms with Crippen molar-refractivity contribution >= 4 is 15.9 Å². The summed E-state index contributed by atoms with van der Waals surface area (Å²) in [4.78, 5) is 3.76. The Hall–Kier alpha value is -0.750. The second-order valence-electron chi connectivity index (χ2n) is 2.48. The number of ether oxygens (including phenoxy) is 1. The van der Waals surface area contributed by atoms with E-state index in [0.29, 0.717) is 0 Å². The fourth-order valence-electron chi connectivity index (χ4n) is 1.08. The Labute approximate surface area is 87.9 Å². The average Bonchev–Trinajstić information content (AvgIpc) is 2.17. The van der Waals surface area contributed by atoms with Crippen LogP contribution in [0.4, 0.5) is 8.78 Å². The number of aliphatic hydroxyl groups excluding tert-OH is 1. The van der Waals surface area contributed by atoms with E-state index in [9.17, 15) is 8.78 Å². The molecule has 1 rings (SSSR count). The van der Waals surface area contributed by atoms with Gasteiger partial charge in [0.1, 0.15) is 4.60 Å². The van der Waals surface area contributed by atoms with Gasteiger partial charge >= 0.3 is 0 Å². The zero-order valence-corrected chi connectivity index (χ0v) is 8.88. The van der Waals surface area contributed by atoms with Crippen LogP contribution in [0.5, 0.6) is 5.75 Å². The molecule has 0 radical (unpaired) electrons. The number of hydrogen-bond donors (Lipinski definition) is 1. The molecule has 0 unspecified atom stereocenters. The maximum absolute atomic E-state index is 12.6. The summed E-state index contributed by atoms with van der Waals surface area (Å²) in [5.74, 6) is -0.0356. The van der Waals surface area contributed by atoms with Gasteiger partial charge < -0.3 is 9.84 Å². The SMILES string of the molecule is COc1c(Br)ncc(CO)c1C(F)F. The number of aromatic nitrogens is 1. The van der Waals surface area contributed by atoms with Crippen molar-refractivity contribution in [3.8, 4) is 5.75 Å². The first-order chi connectivity index (χ1) is 6.61. The lowest BCUT2D eigenvalue weighted by molar-refractivity contribution is 0.142. The van der Waals surface area contributed by atoms with Gasteiger partial charge in [-0.15, -0.1) is 0 Å². The van der Waals surface area contributed by atoms with Gasteiger partial charge in [0, 0.05) is 11.8 Å². The third kappa shape index (κ3) is 2.01. The van der Waals surface area contributed by atoms with Gasteiger partial charge in [0.05, 0.1) is 19.3 Å². The van der Waals surface area contributed by atoms with Crippen LogP contribution in [0.25, 0.3) is 0 Å². The Morgan fingerprint density at radius 2 is 2.29 bits per heavy atom. The smallest absolute Gasteiger partial charge is 0.267 e. The van der Waals surface area contributed by atoms with Crippen LogP contribution in [-0.2, 0) is 6.61 Å². The van der Waals surface area contributed by atoms with E-state index in [4.69, 9.17) is 9.84 Å². The van der Waals surface area contributed by atoms with Gasteiger partial charge in [0.15, 0.2) is 5.75 Å². The number of halogens is 3. The van der Waals surface area contributed by atoms with Crippen LogP contribution < -0.4 is 4.74 Å². The molecule has 0 aromatic carbocycles. The van der Waals surface area contributed by atoms with Crippen LogP contribution in [-0.4, -0.2) is 17.2 Å². The second-order valence-corrected chi connectivity index (χ2v) is 3.23. The molecule has 0 saturated carbocycles. The van der Waals surface area contributed by atoms with Gasteiger partial charge in [0.2, 0.25) is 0 Å². The highest BCUT2D eigenvalue weighted by molar-refractivity contribution is 9.10. The Bertz CT molecular complexity index is 333. The second kappa shape index (κ2) is 4.65. The minimum atomic E-state index is -2.70. The quantitative estimate of drug-likeness (QED) is 0.855. The summed E-state index contributed by atoms with van der Waals surface area (Å²) in [5.41, 5.74) is -0.253. The zero-order valence-electron chi connectivity index (χ0n) is 7.30. The largest absolute Gasteiger partial charge is 0.493 e. The molecule has 6 heteroatoms. The van der Waals surface area contributed by atoms with Crippen LogP contribution in [0.2, 0.25) is 0 Å². The molecular formula is C8H8BrF2NO2. The van der Waals surface area contributed by atoms with E-state index in [-0.39, 0.29) is 21.5 Å². The van der Waals surface area contributed by atoms with E-state index in [1.165, 1.54) is 13.3 Å². The molecule has 0 saturated heterocycles. The molecular weight excluding hydrogens is 260 g/mol. The number of aliphatic hydroxyl groups is 1. The van der Waals surface area contributed by atoms with Gasteiger partial charge in [-0.1, -0.05) is 0 Å². The van der Waals surface area contributed by atoms with E-state index >= 15 is 0 Å². The van der Waals surface area contributed by atoms with Crippen molar-refractivity contribution in [2.45, 2.75) is 13.0 Å². The molecule has 78 valence electrons. The standard InChI is InChI=1S/C8H8BrF2NO2/c1-14-6-5(8(10)11)4(3-13)2-12-7(6)9/h2,8,13H,3H2,1H3. The van der Waals surface area contributed by atoms with Gasteiger partial charge in [-0.25, -0.2) is 13.8 Å². The summed E-state index contributed by atoms with van der Waals surface area (Å²) in [6.45, 7) is -0.490. The predicted octanol–water partition coefficient (Wildman–Crippen LogP) is 2.28. The lowest BCUT2D eigenvalue weighted by atomic mass is 10.1. The highest BCUT2D eigenvalue weighted by Gasteiger charge is 2.21. The van der Waals surface area contributed by atoms with Crippen LogP contribution in [0.3, 0.4) is 0 Å². The van der Waals surface area contributed by atoms with Crippen molar-refractivity contribution in [3.05, 3.63) is 21.9 Å². The summed E-state index contributed by atoms with van der Waals surface area (Å²) in [6.07, 6.45) is -1.51. The van der Waals surface area contributed by atoms with Gasteiger partial charge in [-0.05, 0) is 15.9 Å². The third-order valence-electron chi connectivity index (χ3n) is 1.70. The number of rotatable bonds is 3. The number of pyridine rings is 1. The molecule has 14 heavy (non-hydrogen) atoms. The number of alkyl halides is 2. The van der Waals surface area contributed by atoms with Crippen molar-refractivity contribution in [2.75, 3.05) is 7.11 Å². The summed E-state index contributed by atoms with van der Waals surface area (Å²) in [5, 5.41) is 8.83. The summed E-state index contributed by atoms with van der Waals surface area (Å²) in [6, 6.07) is 0. The lowest BCUT2D eigenvalue weighted by Gasteiger charge is -2.12. The molecule has 0 bridgehead atoms. The maximum atomic E-state index is 12.6. The van der Waals surface area contributed by atoms with E-state index in [1.54, 1.807) is 0 Å². The van der Waals surface area contributed by atoms with Crippen molar-refractivity contribution in [3.63, 3.8) is 0 Å².